The SMILES string of the molecule is CSc1c(F)cc(NC(=O)NCc2cccnc2)cc1F. The Morgan fingerprint density at radius 3 is 2.62 bits per heavy atom. The van der Waals surface area contributed by atoms with Crippen molar-refractivity contribution in [2.75, 3.05) is 11.6 Å². The third-order valence-corrected chi connectivity index (χ3v) is 3.43. The molecule has 0 radical (unpaired) electrons. The second-order valence-electron chi connectivity index (χ2n) is 4.14. The molecule has 0 atom stereocenters. The minimum Gasteiger partial charge on any atom is -0.334 e. The summed E-state index contributed by atoms with van der Waals surface area (Å²) in [5.74, 6) is -1.41. The van der Waals surface area contributed by atoms with Crippen LogP contribution in [0.25, 0.3) is 0 Å². The summed E-state index contributed by atoms with van der Waals surface area (Å²) < 4.78 is 27.1. The summed E-state index contributed by atoms with van der Waals surface area (Å²) in [6, 6.07) is 5.17. The van der Waals surface area contributed by atoms with Crippen LogP contribution in [0.3, 0.4) is 0 Å². The summed E-state index contributed by atoms with van der Waals surface area (Å²) in [6.07, 6.45) is 4.82. The number of urea groups is 1. The molecule has 2 rings (SSSR count). The van der Waals surface area contributed by atoms with E-state index < -0.39 is 17.7 Å². The van der Waals surface area contributed by atoms with Crippen molar-refractivity contribution < 1.29 is 13.6 Å². The average Bonchev–Trinajstić information content (AvgIpc) is 2.46. The summed E-state index contributed by atoms with van der Waals surface area (Å²) >= 11 is 0.972. The van der Waals surface area contributed by atoms with Crippen LogP contribution in [-0.2, 0) is 6.54 Å². The number of nitrogens with one attached hydrogen (secondary N) is 2. The number of carbonyl (C=O) groups excluding carboxylic acids is 1. The second kappa shape index (κ2) is 7.03. The summed E-state index contributed by atoms with van der Waals surface area (Å²) in [5.41, 5.74) is 0.884. The third-order valence-electron chi connectivity index (χ3n) is 2.64. The fourth-order valence-corrected chi connectivity index (χ4v) is 2.20. The smallest absolute Gasteiger partial charge is 0.319 e. The Kier molecular flexibility index (Phi) is 5.10. The van der Waals surface area contributed by atoms with Crippen LogP contribution in [0.1, 0.15) is 5.56 Å². The molecule has 0 bridgehead atoms. The molecule has 0 saturated carbocycles. The zero-order valence-corrected chi connectivity index (χ0v) is 12.0. The molecule has 2 amide bonds. The van der Waals surface area contributed by atoms with Gasteiger partial charge in [0, 0.05) is 24.6 Å². The van der Waals surface area contributed by atoms with Gasteiger partial charge >= 0.3 is 6.03 Å². The Morgan fingerprint density at radius 2 is 2.05 bits per heavy atom. The molecule has 1 aromatic heterocycles. The monoisotopic (exact) mass is 309 g/mol. The second-order valence-corrected chi connectivity index (χ2v) is 4.96. The predicted octanol–water partition coefficient (Wildman–Crippen LogP) is 3.40. The lowest BCUT2D eigenvalue weighted by molar-refractivity contribution is 0.251. The number of nitrogens with zero attached hydrogens (tertiary/aromatic N) is 1. The van der Waals surface area contributed by atoms with Crippen molar-refractivity contribution in [1.82, 2.24) is 10.3 Å². The van der Waals surface area contributed by atoms with Gasteiger partial charge in [0.05, 0.1) is 4.90 Å². The predicted molar refractivity (Wildman–Crippen MR) is 78.2 cm³/mol. The van der Waals surface area contributed by atoms with Gasteiger partial charge in [-0.15, -0.1) is 11.8 Å². The van der Waals surface area contributed by atoms with Crippen molar-refractivity contribution in [3.63, 3.8) is 0 Å². The molecular weight excluding hydrogens is 296 g/mol. The lowest BCUT2D eigenvalue weighted by Crippen LogP contribution is -2.28. The Labute approximate surface area is 125 Å². The number of hydrogen-bond acceptors (Lipinski definition) is 3. The number of anilines is 1. The van der Waals surface area contributed by atoms with Crippen LogP contribution in [-0.4, -0.2) is 17.3 Å². The van der Waals surface area contributed by atoms with Gasteiger partial charge in [-0.2, -0.15) is 0 Å². The molecule has 0 aliphatic rings. The van der Waals surface area contributed by atoms with Crippen molar-refractivity contribution >= 4 is 23.5 Å². The van der Waals surface area contributed by atoms with Crippen LogP contribution in [0.4, 0.5) is 19.3 Å². The molecule has 1 heterocycles. The van der Waals surface area contributed by atoms with Gasteiger partial charge in [0.2, 0.25) is 0 Å². The molecule has 0 spiro atoms. The van der Waals surface area contributed by atoms with Gasteiger partial charge in [-0.25, -0.2) is 13.6 Å². The first-order valence-electron chi connectivity index (χ1n) is 6.07. The number of aromatic nitrogens is 1. The minimum atomic E-state index is -0.704. The number of thioether (sulfide) groups is 1. The first-order valence-corrected chi connectivity index (χ1v) is 7.29. The Morgan fingerprint density at radius 1 is 1.33 bits per heavy atom. The van der Waals surface area contributed by atoms with Gasteiger partial charge in [-0.05, 0) is 30.0 Å². The van der Waals surface area contributed by atoms with E-state index in [-0.39, 0.29) is 17.1 Å². The zero-order chi connectivity index (χ0) is 15.2. The fraction of sp³-hybridized carbons (Fsp3) is 0.143. The van der Waals surface area contributed by atoms with Gasteiger partial charge in [0.25, 0.3) is 0 Å². The topological polar surface area (TPSA) is 54.0 Å². The van der Waals surface area contributed by atoms with E-state index in [4.69, 9.17) is 0 Å². The fourth-order valence-electron chi connectivity index (χ4n) is 1.69. The maximum atomic E-state index is 13.6. The molecule has 1 aromatic carbocycles. The number of amides is 2. The van der Waals surface area contributed by atoms with Gasteiger partial charge in [0.1, 0.15) is 11.6 Å². The van der Waals surface area contributed by atoms with Crippen LogP contribution in [0.2, 0.25) is 0 Å². The normalized spacial score (nSPS) is 10.2. The van der Waals surface area contributed by atoms with E-state index in [1.807, 2.05) is 0 Å². The molecule has 0 aliphatic heterocycles. The number of carbonyl (C=O) groups is 1. The standard InChI is InChI=1S/C14H13F2N3OS/c1-21-13-11(15)5-10(6-12(13)16)19-14(20)18-8-9-3-2-4-17-7-9/h2-7H,8H2,1H3,(H2,18,19,20). The molecule has 0 fully saturated rings. The molecule has 21 heavy (non-hydrogen) atoms. The van der Waals surface area contributed by atoms with Gasteiger partial charge in [-0.1, -0.05) is 6.07 Å². The molecule has 0 aliphatic carbocycles. The number of halogens is 2. The van der Waals surface area contributed by atoms with E-state index in [1.54, 1.807) is 30.8 Å². The molecule has 2 aromatic rings. The summed E-state index contributed by atoms with van der Waals surface area (Å²) in [6.45, 7) is 0.271. The number of hydrogen-bond donors (Lipinski definition) is 2. The molecule has 4 nitrogen and oxygen atoms in total. The highest BCUT2D eigenvalue weighted by atomic mass is 32.2. The van der Waals surface area contributed by atoms with Crippen LogP contribution < -0.4 is 10.6 Å². The molecule has 110 valence electrons. The number of rotatable bonds is 4. The summed E-state index contributed by atoms with van der Waals surface area (Å²) in [4.78, 5) is 15.5. The minimum absolute atomic E-state index is 0.0616. The first kappa shape index (κ1) is 15.2. The van der Waals surface area contributed by atoms with E-state index in [2.05, 4.69) is 15.6 Å². The molecule has 0 saturated heterocycles. The van der Waals surface area contributed by atoms with Gasteiger partial charge < -0.3 is 10.6 Å². The van der Waals surface area contributed by atoms with Crippen LogP contribution in [0.15, 0.2) is 41.6 Å². The van der Waals surface area contributed by atoms with Crippen LogP contribution >= 0.6 is 11.8 Å². The highest BCUT2D eigenvalue weighted by Gasteiger charge is 2.11. The van der Waals surface area contributed by atoms with E-state index in [0.717, 1.165) is 29.5 Å². The van der Waals surface area contributed by atoms with Crippen LogP contribution in [0.5, 0.6) is 0 Å². The highest BCUT2D eigenvalue weighted by Crippen LogP contribution is 2.26. The summed E-state index contributed by atoms with van der Waals surface area (Å²) in [7, 11) is 0. The quantitative estimate of drug-likeness (QED) is 0.851. The van der Waals surface area contributed by atoms with E-state index in [1.165, 1.54) is 0 Å². The summed E-state index contributed by atoms with van der Waals surface area (Å²) in [5, 5.41) is 4.96. The molecule has 7 heteroatoms. The van der Waals surface area contributed by atoms with Crippen molar-refractivity contribution in [1.29, 1.82) is 0 Å². The third kappa shape index (κ3) is 4.16. The molecular formula is C14H13F2N3OS. The van der Waals surface area contributed by atoms with Crippen molar-refractivity contribution in [2.45, 2.75) is 11.4 Å². The Hall–Kier alpha value is -2.15. The Balaban J connectivity index is 1.97. The number of benzene rings is 1. The maximum absolute atomic E-state index is 13.6. The largest absolute Gasteiger partial charge is 0.334 e. The van der Waals surface area contributed by atoms with E-state index in [9.17, 15) is 13.6 Å². The Bertz CT molecular complexity index is 614. The van der Waals surface area contributed by atoms with Crippen molar-refractivity contribution in [2.24, 2.45) is 0 Å². The molecule has 2 N–H and O–H groups in total. The van der Waals surface area contributed by atoms with E-state index in [0.29, 0.717) is 0 Å². The zero-order valence-electron chi connectivity index (χ0n) is 11.2. The molecule has 0 unspecified atom stereocenters. The number of pyridine rings is 1. The highest BCUT2D eigenvalue weighted by molar-refractivity contribution is 7.98. The van der Waals surface area contributed by atoms with Gasteiger partial charge in [0.15, 0.2) is 0 Å². The van der Waals surface area contributed by atoms with Crippen LogP contribution in [0, 0.1) is 11.6 Å². The maximum Gasteiger partial charge on any atom is 0.319 e. The van der Waals surface area contributed by atoms with Crippen molar-refractivity contribution in [3.8, 4) is 0 Å². The van der Waals surface area contributed by atoms with Gasteiger partial charge in [-0.3, -0.25) is 4.98 Å². The lowest BCUT2D eigenvalue weighted by atomic mass is 10.3. The average molecular weight is 309 g/mol. The first-order chi connectivity index (χ1) is 10.1. The van der Waals surface area contributed by atoms with Crippen molar-refractivity contribution in [3.05, 3.63) is 53.9 Å². The lowest BCUT2D eigenvalue weighted by Gasteiger charge is -2.09. The van der Waals surface area contributed by atoms with E-state index >= 15 is 0 Å².